The van der Waals surface area contributed by atoms with Gasteiger partial charge in [-0.3, -0.25) is 0 Å². The minimum Gasteiger partial charge on any atom is -0.384 e. The molecule has 1 N–H and O–H groups in total. The first-order valence-electron chi connectivity index (χ1n) is 6.50. The summed E-state index contributed by atoms with van der Waals surface area (Å²) in [5.41, 5.74) is -0.343. The molecular weight excluding hydrogens is 303 g/mol. The third-order valence-electron chi connectivity index (χ3n) is 2.74. The van der Waals surface area contributed by atoms with Crippen molar-refractivity contribution in [3.63, 3.8) is 0 Å². The number of halogens is 3. The quantitative estimate of drug-likeness (QED) is 0.558. The van der Waals surface area contributed by atoms with Crippen LogP contribution in [-0.4, -0.2) is 39.7 Å². The molecule has 120 valence electrons. The topological polar surface area (TPSA) is 30.5 Å². The number of ether oxygens (including phenoxy) is 2. The van der Waals surface area contributed by atoms with E-state index in [0.29, 0.717) is 30.4 Å². The second-order valence-electron chi connectivity index (χ2n) is 4.33. The Kier molecular flexibility index (Phi) is 8.10. The molecule has 7 heteroatoms. The van der Waals surface area contributed by atoms with E-state index in [1.807, 2.05) is 0 Å². The highest BCUT2D eigenvalue weighted by Gasteiger charge is 2.33. The van der Waals surface area contributed by atoms with Crippen LogP contribution in [0.4, 0.5) is 13.2 Å². The van der Waals surface area contributed by atoms with E-state index in [4.69, 9.17) is 9.47 Å². The highest BCUT2D eigenvalue weighted by atomic mass is 32.2. The van der Waals surface area contributed by atoms with Crippen LogP contribution in [0.1, 0.15) is 11.1 Å². The lowest BCUT2D eigenvalue weighted by molar-refractivity contribution is -0.138. The molecule has 0 spiro atoms. The Hall–Kier alpha value is -0.760. The van der Waals surface area contributed by atoms with Crippen molar-refractivity contribution in [1.82, 2.24) is 5.32 Å². The van der Waals surface area contributed by atoms with Gasteiger partial charge < -0.3 is 14.8 Å². The molecule has 0 atom stereocenters. The Bertz CT molecular complexity index is 427. The normalized spacial score (nSPS) is 11.9. The van der Waals surface area contributed by atoms with E-state index in [1.165, 1.54) is 23.9 Å². The van der Waals surface area contributed by atoms with Crippen molar-refractivity contribution in [3.8, 4) is 0 Å². The van der Waals surface area contributed by atoms with Gasteiger partial charge in [0.2, 0.25) is 0 Å². The van der Waals surface area contributed by atoms with E-state index in [9.17, 15) is 13.2 Å². The lowest BCUT2D eigenvalue weighted by Gasteiger charge is -2.15. The summed E-state index contributed by atoms with van der Waals surface area (Å²) in [6, 6.07) is 4.44. The second kappa shape index (κ2) is 9.30. The van der Waals surface area contributed by atoms with E-state index in [-0.39, 0.29) is 12.1 Å². The summed E-state index contributed by atoms with van der Waals surface area (Å²) in [5, 5.41) is 2.94. The number of hydrogen-bond acceptors (Lipinski definition) is 4. The molecule has 21 heavy (non-hydrogen) atoms. The Morgan fingerprint density at radius 1 is 1.14 bits per heavy atom. The van der Waals surface area contributed by atoms with Gasteiger partial charge in [0.25, 0.3) is 0 Å². The average Bonchev–Trinajstić information content (AvgIpc) is 2.44. The number of thioether (sulfide) groups is 1. The molecule has 0 fully saturated rings. The Labute approximate surface area is 127 Å². The Morgan fingerprint density at radius 2 is 1.86 bits per heavy atom. The Morgan fingerprint density at radius 3 is 2.48 bits per heavy atom. The molecule has 0 aliphatic carbocycles. The van der Waals surface area contributed by atoms with Crippen molar-refractivity contribution in [3.05, 3.63) is 29.3 Å². The van der Waals surface area contributed by atoms with E-state index in [1.54, 1.807) is 20.3 Å². The van der Waals surface area contributed by atoms with Crippen LogP contribution in [0.5, 0.6) is 0 Å². The second-order valence-corrected chi connectivity index (χ2v) is 5.50. The van der Waals surface area contributed by atoms with Crippen molar-refractivity contribution < 1.29 is 22.6 Å². The van der Waals surface area contributed by atoms with Crippen LogP contribution < -0.4 is 5.32 Å². The van der Waals surface area contributed by atoms with Crippen molar-refractivity contribution in [1.29, 1.82) is 0 Å². The zero-order chi connectivity index (χ0) is 15.7. The monoisotopic (exact) mass is 323 g/mol. The van der Waals surface area contributed by atoms with E-state index in [0.717, 1.165) is 0 Å². The predicted molar refractivity (Wildman–Crippen MR) is 77.6 cm³/mol. The van der Waals surface area contributed by atoms with Crippen LogP contribution in [-0.2, 0) is 22.2 Å². The summed E-state index contributed by atoms with van der Waals surface area (Å²) in [7, 11) is 3.12. The minimum atomic E-state index is -4.35. The zero-order valence-corrected chi connectivity index (χ0v) is 12.9. The maximum absolute atomic E-state index is 13.1. The van der Waals surface area contributed by atoms with Crippen molar-refractivity contribution >= 4 is 11.8 Å². The number of nitrogens with one attached hydrogen (secondary N) is 1. The molecule has 0 saturated heterocycles. The summed E-state index contributed by atoms with van der Waals surface area (Å²) in [4.78, 5) is 0.597. The van der Waals surface area contributed by atoms with E-state index >= 15 is 0 Å². The highest BCUT2D eigenvalue weighted by molar-refractivity contribution is 7.99. The van der Waals surface area contributed by atoms with Crippen LogP contribution in [0.25, 0.3) is 0 Å². The fourth-order valence-electron chi connectivity index (χ4n) is 1.70. The predicted octanol–water partition coefficient (Wildman–Crippen LogP) is 3.18. The molecule has 1 aromatic rings. The van der Waals surface area contributed by atoms with Crippen LogP contribution in [0.3, 0.4) is 0 Å². The maximum atomic E-state index is 13.1. The first-order valence-corrected chi connectivity index (χ1v) is 7.49. The number of rotatable bonds is 9. The number of hydrogen-bond donors (Lipinski definition) is 1. The summed E-state index contributed by atoms with van der Waals surface area (Å²) in [6.45, 7) is 1.65. The first-order chi connectivity index (χ1) is 9.99. The summed E-state index contributed by atoms with van der Waals surface area (Å²) in [6.07, 6.45) is -4.35. The highest BCUT2D eigenvalue weighted by Crippen LogP contribution is 2.34. The van der Waals surface area contributed by atoms with Gasteiger partial charge in [-0.05, 0) is 17.7 Å². The largest absolute Gasteiger partial charge is 0.416 e. The SMILES string of the molecule is COCCNCc1ccc(SCCOC)cc1C(F)(F)F. The third kappa shape index (κ3) is 6.69. The van der Waals surface area contributed by atoms with Gasteiger partial charge in [-0.15, -0.1) is 11.8 Å². The van der Waals surface area contributed by atoms with Gasteiger partial charge in [-0.25, -0.2) is 0 Å². The molecule has 0 amide bonds. The molecule has 0 unspecified atom stereocenters. The minimum absolute atomic E-state index is 0.168. The first kappa shape index (κ1) is 18.3. The van der Waals surface area contributed by atoms with Crippen molar-refractivity contribution in [2.45, 2.75) is 17.6 Å². The summed E-state index contributed by atoms with van der Waals surface area (Å²) in [5.74, 6) is 0.624. The van der Waals surface area contributed by atoms with Gasteiger partial charge in [0.05, 0.1) is 18.8 Å². The molecule has 0 bridgehead atoms. The number of methoxy groups -OCH3 is 2. The number of benzene rings is 1. The molecule has 0 heterocycles. The Balaban J connectivity index is 2.77. The van der Waals surface area contributed by atoms with Crippen LogP contribution in [0.15, 0.2) is 23.1 Å². The van der Waals surface area contributed by atoms with E-state index < -0.39 is 11.7 Å². The molecule has 3 nitrogen and oxygen atoms in total. The fourth-order valence-corrected chi connectivity index (χ4v) is 2.55. The van der Waals surface area contributed by atoms with Gasteiger partial charge in [0.1, 0.15) is 0 Å². The van der Waals surface area contributed by atoms with Crippen LogP contribution in [0, 0.1) is 0 Å². The average molecular weight is 323 g/mol. The van der Waals surface area contributed by atoms with Gasteiger partial charge in [0.15, 0.2) is 0 Å². The molecule has 0 aromatic heterocycles. The fraction of sp³-hybridized carbons (Fsp3) is 0.571. The maximum Gasteiger partial charge on any atom is 0.416 e. The van der Waals surface area contributed by atoms with Crippen LogP contribution in [0.2, 0.25) is 0 Å². The van der Waals surface area contributed by atoms with E-state index in [2.05, 4.69) is 5.32 Å². The number of alkyl halides is 3. The van der Waals surface area contributed by atoms with Crippen molar-refractivity contribution in [2.75, 3.05) is 39.7 Å². The third-order valence-corrected chi connectivity index (χ3v) is 3.70. The molecule has 1 aromatic carbocycles. The van der Waals surface area contributed by atoms with Gasteiger partial charge in [-0.2, -0.15) is 13.2 Å². The smallest absolute Gasteiger partial charge is 0.384 e. The molecular formula is C14H20F3NO2S. The molecule has 1 rings (SSSR count). The summed E-state index contributed by atoms with van der Waals surface area (Å²) >= 11 is 1.35. The zero-order valence-electron chi connectivity index (χ0n) is 12.1. The van der Waals surface area contributed by atoms with Crippen LogP contribution >= 0.6 is 11.8 Å². The van der Waals surface area contributed by atoms with Crippen molar-refractivity contribution in [2.24, 2.45) is 0 Å². The van der Waals surface area contributed by atoms with Gasteiger partial charge in [0, 0.05) is 38.0 Å². The molecule has 0 saturated carbocycles. The van der Waals surface area contributed by atoms with Gasteiger partial charge in [-0.1, -0.05) is 6.07 Å². The lowest BCUT2D eigenvalue weighted by Crippen LogP contribution is -2.21. The van der Waals surface area contributed by atoms with Gasteiger partial charge >= 0.3 is 6.18 Å². The molecule has 0 aliphatic rings. The molecule has 0 aliphatic heterocycles. The lowest BCUT2D eigenvalue weighted by atomic mass is 10.1. The summed E-state index contributed by atoms with van der Waals surface area (Å²) < 4.78 is 49.1. The standard InChI is InChI=1S/C14H20F3NO2S/c1-19-6-5-18-10-11-3-4-12(21-8-7-20-2)9-13(11)14(15,16)17/h3-4,9,18H,5-8,10H2,1-2H3. The molecule has 0 radical (unpaired) electrons.